The lowest BCUT2D eigenvalue weighted by Gasteiger charge is -2.14. The molecule has 1 amide bonds. The Morgan fingerprint density at radius 2 is 2.24 bits per heavy atom. The van der Waals surface area contributed by atoms with Crippen molar-refractivity contribution in [2.24, 2.45) is 0 Å². The van der Waals surface area contributed by atoms with Crippen molar-refractivity contribution in [2.45, 2.75) is 26.2 Å². The van der Waals surface area contributed by atoms with E-state index in [0.29, 0.717) is 17.8 Å². The lowest BCUT2D eigenvalue weighted by molar-refractivity contribution is 0.0952. The van der Waals surface area contributed by atoms with Crippen LogP contribution in [0.2, 0.25) is 0 Å². The largest absolute Gasteiger partial charge is 0.352 e. The van der Waals surface area contributed by atoms with Gasteiger partial charge in [0, 0.05) is 12.7 Å². The maximum atomic E-state index is 12.1. The molecule has 1 fully saturated rings. The summed E-state index contributed by atoms with van der Waals surface area (Å²) in [5.41, 5.74) is 1.77. The molecule has 1 aliphatic rings. The van der Waals surface area contributed by atoms with Gasteiger partial charge in [0.2, 0.25) is 0 Å². The highest BCUT2D eigenvalue weighted by atomic mass is 16.5. The number of nitrogens with one attached hydrogen (secondary N) is 1. The van der Waals surface area contributed by atoms with E-state index in [1.54, 1.807) is 6.07 Å². The molecule has 2 aromatic heterocycles. The zero-order valence-electron chi connectivity index (χ0n) is 12.3. The topological polar surface area (TPSA) is 71.3 Å². The van der Waals surface area contributed by atoms with E-state index in [-0.39, 0.29) is 5.91 Å². The fraction of sp³-hybridized carbons (Fsp3) is 0.533. The maximum absolute atomic E-state index is 12.1. The summed E-state index contributed by atoms with van der Waals surface area (Å²) in [4.78, 5) is 18.7. The highest BCUT2D eigenvalue weighted by Crippen LogP contribution is 2.16. The number of carbonyl (C=O) groups excluding carboxylic acids is 1. The van der Waals surface area contributed by atoms with Crippen molar-refractivity contribution in [2.75, 3.05) is 26.2 Å². The number of likely N-dealkylation sites (tertiary alicyclic amines) is 1. The van der Waals surface area contributed by atoms with E-state index in [1.807, 2.05) is 6.92 Å². The fourth-order valence-electron chi connectivity index (χ4n) is 2.68. The molecule has 0 radical (unpaired) electrons. The molecule has 1 N–H and O–H groups in total. The van der Waals surface area contributed by atoms with E-state index in [0.717, 1.165) is 24.0 Å². The van der Waals surface area contributed by atoms with Gasteiger partial charge in [0.15, 0.2) is 0 Å². The highest BCUT2D eigenvalue weighted by molar-refractivity contribution is 5.96. The first kappa shape index (κ1) is 14.0. The average Bonchev–Trinajstić information content (AvgIpc) is 3.13. The van der Waals surface area contributed by atoms with Gasteiger partial charge in [0.05, 0.1) is 16.6 Å². The van der Waals surface area contributed by atoms with Crippen LogP contribution in [0.3, 0.4) is 0 Å². The van der Waals surface area contributed by atoms with Crippen LogP contribution in [-0.2, 0) is 0 Å². The number of hydrogen-bond donors (Lipinski definition) is 1. The predicted octanol–water partition coefficient (Wildman–Crippen LogP) is 1.75. The van der Waals surface area contributed by atoms with Crippen LogP contribution in [0.5, 0.6) is 0 Å². The molecule has 0 spiro atoms. The minimum absolute atomic E-state index is 0.0913. The molecule has 6 heteroatoms. The Hall–Kier alpha value is -1.95. The Bertz CT molecular complexity index is 632. The quantitative estimate of drug-likeness (QED) is 0.849. The molecule has 0 bridgehead atoms. The van der Waals surface area contributed by atoms with Gasteiger partial charge in [0.25, 0.3) is 11.6 Å². The van der Waals surface area contributed by atoms with Crippen molar-refractivity contribution in [3.63, 3.8) is 0 Å². The van der Waals surface area contributed by atoms with Crippen LogP contribution >= 0.6 is 0 Å². The number of pyridine rings is 1. The Kier molecular flexibility index (Phi) is 4.15. The minimum Gasteiger partial charge on any atom is -0.352 e. The molecule has 1 aliphatic heterocycles. The molecular formula is C15H20N4O2. The van der Waals surface area contributed by atoms with Crippen LogP contribution in [0.1, 0.15) is 35.3 Å². The van der Waals surface area contributed by atoms with Crippen LogP contribution in [-0.4, -0.2) is 47.1 Å². The number of rotatable bonds is 5. The molecule has 112 valence electrons. The van der Waals surface area contributed by atoms with Gasteiger partial charge in [-0.3, -0.25) is 4.79 Å². The van der Waals surface area contributed by atoms with Crippen molar-refractivity contribution in [3.05, 3.63) is 23.5 Å². The van der Waals surface area contributed by atoms with Gasteiger partial charge in [-0.05, 0) is 51.9 Å². The molecule has 6 nitrogen and oxygen atoms in total. The molecule has 21 heavy (non-hydrogen) atoms. The van der Waals surface area contributed by atoms with Gasteiger partial charge in [-0.15, -0.1) is 0 Å². The molecular weight excluding hydrogens is 268 g/mol. The van der Waals surface area contributed by atoms with E-state index in [9.17, 15) is 4.79 Å². The molecule has 2 aromatic rings. The molecule has 1 saturated heterocycles. The first-order valence-electron chi connectivity index (χ1n) is 7.46. The van der Waals surface area contributed by atoms with Gasteiger partial charge in [-0.2, -0.15) is 0 Å². The molecule has 0 saturated carbocycles. The minimum atomic E-state index is -0.0913. The highest BCUT2D eigenvalue weighted by Gasteiger charge is 2.12. The zero-order chi connectivity index (χ0) is 14.7. The summed E-state index contributed by atoms with van der Waals surface area (Å²) in [6.07, 6.45) is 5.11. The van der Waals surface area contributed by atoms with E-state index in [1.165, 1.54) is 32.1 Å². The van der Waals surface area contributed by atoms with Crippen molar-refractivity contribution in [3.8, 4) is 0 Å². The SMILES string of the molecule is Cc1noc2ncc(C(=O)NCCCN3CCCC3)cc12. The Morgan fingerprint density at radius 1 is 1.43 bits per heavy atom. The number of nitrogens with zero attached hydrogens (tertiary/aromatic N) is 3. The van der Waals surface area contributed by atoms with E-state index < -0.39 is 0 Å². The van der Waals surface area contributed by atoms with Gasteiger partial charge in [0.1, 0.15) is 0 Å². The number of aromatic nitrogens is 2. The van der Waals surface area contributed by atoms with Crippen LogP contribution in [0.15, 0.2) is 16.8 Å². The third-order valence-corrected chi connectivity index (χ3v) is 3.91. The lowest BCUT2D eigenvalue weighted by Crippen LogP contribution is -2.28. The van der Waals surface area contributed by atoms with E-state index in [2.05, 4.69) is 20.4 Å². The summed E-state index contributed by atoms with van der Waals surface area (Å²) in [5.74, 6) is -0.0913. The summed E-state index contributed by atoms with van der Waals surface area (Å²) in [6, 6.07) is 1.78. The van der Waals surface area contributed by atoms with Crippen LogP contribution in [0.4, 0.5) is 0 Å². The summed E-state index contributed by atoms with van der Waals surface area (Å²) < 4.78 is 5.04. The van der Waals surface area contributed by atoms with Crippen molar-refractivity contribution in [1.82, 2.24) is 20.4 Å². The van der Waals surface area contributed by atoms with Crippen molar-refractivity contribution >= 4 is 17.0 Å². The second kappa shape index (κ2) is 6.22. The Balaban J connectivity index is 1.52. The van der Waals surface area contributed by atoms with Crippen molar-refractivity contribution in [1.29, 1.82) is 0 Å². The monoisotopic (exact) mass is 288 g/mol. The molecule has 3 heterocycles. The van der Waals surface area contributed by atoms with Crippen LogP contribution < -0.4 is 5.32 Å². The zero-order valence-corrected chi connectivity index (χ0v) is 12.3. The standard InChI is InChI=1S/C15H20N4O2/c1-11-13-9-12(10-17-15(13)21-18-11)14(20)16-5-4-8-19-6-2-3-7-19/h9-10H,2-8H2,1H3,(H,16,20). The molecule has 0 unspecified atom stereocenters. The Labute approximate surface area is 123 Å². The summed E-state index contributed by atoms with van der Waals surface area (Å²) >= 11 is 0. The molecule has 3 rings (SSSR count). The third kappa shape index (κ3) is 3.21. The second-order valence-electron chi connectivity index (χ2n) is 5.50. The smallest absolute Gasteiger partial charge is 0.257 e. The molecule has 0 aromatic carbocycles. The summed E-state index contributed by atoms with van der Waals surface area (Å²) in [6.45, 7) is 5.98. The second-order valence-corrected chi connectivity index (χ2v) is 5.50. The average molecular weight is 288 g/mol. The van der Waals surface area contributed by atoms with Gasteiger partial charge in [-0.25, -0.2) is 4.98 Å². The lowest BCUT2D eigenvalue weighted by atomic mass is 10.2. The normalized spacial score (nSPS) is 15.7. The van der Waals surface area contributed by atoms with Gasteiger partial charge in [-0.1, -0.05) is 5.16 Å². The fourth-order valence-corrected chi connectivity index (χ4v) is 2.68. The van der Waals surface area contributed by atoms with Crippen molar-refractivity contribution < 1.29 is 9.32 Å². The summed E-state index contributed by atoms with van der Waals surface area (Å²) in [7, 11) is 0. The number of aryl methyl sites for hydroxylation is 1. The third-order valence-electron chi connectivity index (χ3n) is 3.91. The van der Waals surface area contributed by atoms with E-state index in [4.69, 9.17) is 4.52 Å². The van der Waals surface area contributed by atoms with Gasteiger partial charge >= 0.3 is 0 Å². The number of hydrogen-bond acceptors (Lipinski definition) is 5. The number of amides is 1. The number of carbonyl (C=O) groups is 1. The Morgan fingerprint density at radius 3 is 3.05 bits per heavy atom. The van der Waals surface area contributed by atoms with E-state index >= 15 is 0 Å². The molecule has 0 aliphatic carbocycles. The van der Waals surface area contributed by atoms with Gasteiger partial charge < -0.3 is 14.7 Å². The summed E-state index contributed by atoms with van der Waals surface area (Å²) in [5, 5.41) is 7.58. The number of fused-ring (bicyclic) bond motifs is 1. The van der Waals surface area contributed by atoms with Crippen LogP contribution in [0, 0.1) is 6.92 Å². The molecule has 0 atom stereocenters. The first-order chi connectivity index (χ1) is 10.2. The van der Waals surface area contributed by atoms with Crippen LogP contribution in [0.25, 0.3) is 11.1 Å². The predicted molar refractivity (Wildman–Crippen MR) is 79.2 cm³/mol. The first-order valence-corrected chi connectivity index (χ1v) is 7.46. The maximum Gasteiger partial charge on any atom is 0.257 e.